The van der Waals surface area contributed by atoms with E-state index in [0.29, 0.717) is 6.54 Å². The lowest BCUT2D eigenvalue weighted by Gasteiger charge is -2.10. The van der Waals surface area contributed by atoms with Crippen molar-refractivity contribution >= 4 is 33.5 Å². The van der Waals surface area contributed by atoms with E-state index in [9.17, 15) is 0 Å². The number of hydrogen-bond acceptors (Lipinski definition) is 1. The van der Waals surface area contributed by atoms with E-state index in [1.165, 1.54) is 20.1 Å². The molecule has 0 aliphatic carbocycles. The molecule has 0 saturated heterocycles. The second-order valence-corrected chi connectivity index (χ2v) is 7.56. The second-order valence-electron chi connectivity index (χ2n) is 6.40. The molecule has 1 aromatic heterocycles. The average molecular weight is 476 g/mol. The first-order chi connectivity index (χ1) is 13.8. The standard InChI is InChI=1S/C25H19INO/c1-28-21-14-15-24-22(17-21)25(20-12-6-3-7-13-20)23(26)18-27(24)16-8-11-19-9-4-2-5-10-19/h2-7,9-10,12-15,17-18H,16H2,1H3/q+1. The van der Waals surface area contributed by atoms with Gasteiger partial charge in [-0.3, -0.25) is 0 Å². The molecule has 0 bridgehead atoms. The van der Waals surface area contributed by atoms with Gasteiger partial charge >= 0.3 is 0 Å². The molecule has 0 aliphatic rings. The Kier molecular flexibility index (Phi) is 5.59. The fourth-order valence-corrected chi connectivity index (χ4v) is 4.21. The molecule has 3 heteroatoms. The minimum atomic E-state index is 0.628. The number of hydrogen-bond donors (Lipinski definition) is 0. The summed E-state index contributed by atoms with van der Waals surface area (Å²) in [6.07, 6.45) is 2.18. The zero-order valence-electron chi connectivity index (χ0n) is 15.5. The Hall–Kier alpha value is -2.84. The molecule has 0 atom stereocenters. The molecule has 4 aromatic rings. The highest BCUT2D eigenvalue weighted by molar-refractivity contribution is 14.1. The molecule has 1 heterocycles. The first-order valence-electron chi connectivity index (χ1n) is 9.05. The summed E-state index contributed by atoms with van der Waals surface area (Å²) in [6.45, 7) is 0.628. The van der Waals surface area contributed by atoms with Gasteiger partial charge in [-0.15, -0.1) is 0 Å². The molecule has 0 fully saturated rings. The summed E-state index contributed by atoms with van der Waals surface area (Å²) in [5.74, 6) is 7.41. The van der Waals surface area contributed by atoms with Crippen LogP contribution in [0.15, 0.2) is 85.1 Å². The number of benzene rings is 3. The molecule has 0 saturated carbocycles. The molecule has 2 nitrogen and oxygen atoms in total. The lowest BCUT2D eigenvalue weighted by molar-refractivity contribution is -0.659. The van der Waals surface area contributed by atoms with Crippen LogP contribution in [-0.2, 0) is 6.54 Å². The minimum absolute atomic E-state index is 0.628. The Morgan fingerprint density at radius 2 is 1.64 bits per heavy atom. The van der Waals surface area contributed by atoms with Crippen LogP contribution in [-0.4, -0.2) is 7.11 Å². The van der Waals surface area contributed by atoms with E-state index in [4.69, 9.17) is 4.74 Å². The molecular weight excluding hydrogens is 457 g/mol. The van der Waals surface area contributed by atoms with E-state index in [1.807, 2.05) is 42.5 Å². The quantitative estimate of drug-likeness (QED) is 0.218. The predicted octanol–water partition coefficient (Wildman–Crippen LogP) is 5.46. The summed E-state index contributed by atoms with van der Waals surface area (Å²) >= 11 is 2.41. The fraction of sp³-hybridized carbons (Fsp3) is 0.0800. The Labute approximate surface area is 178 Å². The van der Waals surface area contributed by atoms with Gasteiger partial charge in [0.25, 0.3) is 0 Å². The van der Waals surface area contributed by atoms with Crippen LogP contribution in [0.25, 0.3) is 22.0 Å². The molecule has 0 amide bonds. The van der Waals surface area contributed by atoms with E-state index < -0.39 is 0 Å². The van der Waals surface area contributed by atoms with Gasteiger partial charge in [0.15, 0.2) is 6.20 Å². The lowest BCUT2D eigenvalue weighted by Crippen LogP contribution is -2.34. The third-order valence-corrected chi connectivity index (χ3v) is 5.43. The summed E-state index contributed by atoms with van der Waals surface area (Å²) in [5, 5.41) is 1.17. The molecular formula is C25H19INO+. The van der Waals surface area contributed by atoms with Gasteiger partial charge in [0.1, 0.15) is 5.75 Å². The minimum Gasteiger partial charge on any atom is -0.497 e. The van der Waals surface area contributed by atoms with Crippen LogP contribution < -0.4 is 9.30 Å². The maximum atomic E-state index is 5.49. The van der Waals surface area contributed by atoms with E-state index in [0.717, 1.165) is 16.8 Å². The first-order valence-corrected chi connectivity index (χ1v) is 10.1. The molecule has 0 unspecified atom stereocenters. The molecule has 4 rings (SSSR count). The summed E-state index contributed by atoms with van der Waals surface area (Å²) in [7, 11) is 1.71. The van der Waals surface area contributed by atoms with Gasteiger partial charge in [-0.05, 0) is 58.3 Å². The fourth-order valence-electron chi connectivity index (χ4n) is 3.27. The number of pyridine rings is 1. The lowest BCUT2D eigenvalue weighted by atomic mass is 10.0. The molecule has 0 N–H and O–H groups in total. The smallest absolute Gasteiger partial charge is 0.214 e. The Morgan fingerprint density at radius 1 is 0.929 bits per heavy atom. The number of rotatable bonds is 3. The third-order valence-electron chi connectivity index (χ3n) is 4.61. The van der Waals surface area contributed by atoms with Crippen molar-refractivity contribution in [1.29, 1.82) is 0 Å². The van der Waals surface area contributed by atoms with Crippen molar-refractivity contribution in [2.24, 2.45) is 0 Å². The van der Waals surface area contributed by atoms with Gasteiger partial charge in [0.2, 0.25) is 12.1 Å². The van der Waals surface area contributed by atoms with Crippen molar-refractivity contribution in [1.82, 2.24) is 0 Å². The number of aromatic nitrogens is 1. The average Bonchev–Trinajstić information content (AvgIpc) is 2.74. The largest absolute Gasteiger partial charge is 0.497 e. The van der Waals surface area contributed by atoms with Crippen molar-refractivity contribution in [2.75, 3.05) is 7.11 Å². The number of nitrogens with zero attached hydrogens (tertiary/aromatic N) is 1. The molecule has 136 valence electrons. The van der Waals surface area contributed by atoms with Crippen molar-refractivity contribution < 1.29 is 9.30 Å². The number of fused-ring (bicyclic) bond motifs is 1. The molecule has 3 aromatic carbocycles. The monoisotopic (exact) mass is 476 g/mol. The van der Waals surface area contributed by atoms with Gasteiger partial charge in [0.05, 0.1) is 16.1 Å². The molecule has 28 heavy (non-hydrogen) atoms. The SMILES string of the molecule is COc1ccc2c(c1)c(-c1ccccc1)c(I)c[n+]2CC#Cc1ccccc1. The molecule has 0 radical (unpaired) electrons. The highest BCUT2D eigenvalue weighted by Gasteiger charge is 2.18. The van der Waals surface area contributed by atoms with Crippen LogP contribution in [0.3, 0.4) is 0 Å². The maximum Gasteiger partial charge on any atom is 0.214 e. The number of methoxy groups -OCH3 is 1. The summed E-state index contributed by atoms with van der Waals surface area (Å²) in [4.78, 5) is 0. The van der Waals surface area contributed by atoms with Crippen LogP contribution in [0.4, 0.5) is 0 Å². The zero-order chi connectivity index (χ0) is 19.3. The molecule has 0 aliphatic heterocycles. The van der Waals surface area contributed by atoms with Gasteiger partial charge in [-0.25, -0.2) is 0 Å². The number of halogens is 1. The van der Waals surface area contributed by atoms with Gasteiger partial charge in [0, 0.05) is 17.2 Å². The third kappa shape index (κ3) is 3.88. The van der Waals surface area contributed by atoms with E-state index in [-0.39, 0.29) is 0 Å². The van der Waals surface area contributed by atoms with Crippen molar-refractivity contribution in [3.05, 3.63) is 94.2 Å². The maximum absolute atomic E-state index is 5.49. The zero-order valence-corrected chi connectivity index (χ0v) is 17.7. The first kappa shape index (κ1) is 18.5. The van der Waals surface area contributed by atoms with E-state index in [1.54, 1.807) is 7.11 Å². The second kappa shape index (κ2) is 8.45. The topological polar surface area (TPSA) is 13.1 Å². The van der Waals surface area contributed by atoms with Gasteiger partial charge < -0.3 is 4.74 Å². The van der Waals surface area contributed by atoms with Crippen molar-refractivity contribution in [3.8, 4) is 28.7 Å². The normalized spacial score (nSPS) is 10.4. The van der Waals surface area contributed by atoms with Crippen LogP contribution in [0.2, 0.25) is 0 Å². The highest BCUT2D eigenvalue weighted by atomic mass is 127. The van der Waals surface area contributed by atoms with Crippen LogP contribution >= 0.6 is 22.6 Å². The van der Waals surface area contributed by atoms with Crippen molar-refractivity contribution in [2.45, 2.75) is 6.54 Å². The Bertz CT molecular complexity index is 1180. The van der Waals surface area contributed by atoms with Crippen molar-refractivity contribution in [3.63, 3.8) is 0 Å². The highest BCUT2D eigenvalue weighted by Crippen LogP contribution is 2.33. The number of ether oxygens (including phenoxy) is 1. The Balaban J connectivity index is 1.84. The molecule has 0 spiro atoms. The van der Waals surface area contributed by atoms with E-state index >= 15 is 0 Å². The van der Waals surface area contributed by atoms with Gasteiger partial charge in [-0.1, -0.05) is 54.5 Å². The van der Waals surface area contributed by atoms with Crippen LogP contribution in [0.1, 0.15) is 5.56 Å². The van der Waals surface area contributed by atoms with Crippen LogP contribution in [0.5, 0.6) is 5.75 Å². The van der Waals surface area contributed by atoms with E-state index in [2.05, 4.69) is 81.6 Å². The summed E-state index contributed by atoms with van der Waals surface area (Å²) in [5.41, 5.74) is 4.60. The van der Waals surface area contributed by atoms with Crippen LogP contribution in [0, 0.1) is 15.4 Å². The summed E-state index contributed by atoms with van der Waals surface area (Å²) < 4.78 is 8.89. The predicted molar refractivity (Wildman–Crippen MR) is 122 cm³/mol. The van der Waals surface area contributed by atoms with Gasteiger partial charge in [-0.2, -0.15) is 4.57 Å². The Morgan fingerprint density at radius 3 is 2.36 bits per heavy atom. The summed E-state index contributed by atoms with van der Waals surface area (Å²) in [6, 6.07) is 26.8.